The van der Waals surface area contributed by atoms with Crippen molar-refractivity contribution in [3.8, 4) is 0 Å². The van der Waals surface area contributed by atoms with Crippen LogP contribution in [0.1, 0.15) is 38.5 Å². The van der Waals surface area contributed by atoms with Gasteiger partial charge in [0.15, 0.2) is 0 Å². The molecule has 0 bridgehead atoms. The van der Waals surface area contributed by atoms with Gasteiger partial charge in [-0.2, -0.15) is 0 Å². The second-order valence-corrected chi connectivity index (χ2v) is 5.01. The molecule has 0 aliphatic carbocycles. The summed E-state index contributed by atoms with van der Waals surface area (Å²) in [7, 11) is 0. The van der Waals surface area contributed by atoms with E-state index in [-0.39, 0.29) is 0 Å². The maximum atomic E-state index is 10.6. The lowest BCUT2D eigenvalue weighted by Gasteiger charge is -2.41. The zero-order chi connectivity index (χ0) is 11.4. The van der Waals surface area contributed by atoms with Crippen LogP contribution < -0.4 is 0 Å². The Morgan fingerprint density at radius 2 is 1.56 bits per heavy atom. The van der Waals surface area contributed by atoms with Gasteiger partial charge in [0.2, 0.25) is 0 Å². The summed E-state index contributed by atoms with van der Waals surface area (Å²) in [4.78, 5) is 10.6. The molecule has 0 atom stereocenters. The van der Waals surface area contributed by atoms with E-state index in [0.29, 0.717) is 12.3 Å². The average Bonchev–Trinajstić information content (AvgIpc) is 2.30. The summed E-state index contributed by atoms with van der Waals surface area (Å²) in [6.45, 7) is 4.50. The van der Waals surface area contributed by atoms with E-state index in [2.05, 4.69) is 10.0 Å². The second kappa shape index (κ2) is 5.64. The predicted octanol–water partition coefficient (Wildman–Crippen LogP) is 1.57. The highest BCUT2D eigenvalue weighted by Gasteiger charge is 2.25. The van der Waals surface area contributed by atoms with Gasteiger partial charge >= 0.3 is 5.97 Å². The number of carboxylic acid groups (broad SMARTS) is 1. The molecule has 2 heterocycles. The first-order valence-corrected chi connectivity index (χ1v) is 6.47. The lowest BCUT2D eigenvalue weighted by molar-refractivity contribution is -0.139. The molecule has 0 spiro atoms. The third-order valence-corrected chi connectivity index (χ3v) is 3.79. The molecule has 0 saturated carbocycles. The molecule has 92 valence electrons. The van der Waals surface area contributed by atoms with Crippen LogP contribution in [0.25, 0.3) is 0 Å². The highest BCUT2D eigenvalue weighted by Crippen LogP contribution is 2.23. The van der Waals surface area contributed by atoms with Gasteiger partial charge < -0.3 is 5.11 Å². The minimum Gasteiger partial charge on any atom is -0.481 e. The number of hydrogen-bond acceptors (Lipinski definition) is 3. The van der Waals surface area contributed by atoms with E-state index in [4.69, 9.17) is 5.11 Å². The van der Waals surface area contributed by atoms with E-state index >= 15 is 0 Å². The largest absolute Gasteiger partial charge is 0.481 e. The number of hydrogen-bond donors (Lipinski definition) is 1. The van der Waals surface area contributed by atoms with Crippen LogP contribution in [-0.4, -0.2) is 47.3 Å². The summed E-state index contributed by atoms with van der Waals surface area (Å²) >= 11 is 0. The van der Waals surface area contributed by atoms with Crippen LogP contribution in [0.5, 0.6) is 0 Å². The first kappa shape index (κ1) is 11.9. The van der Waals surface area contributed by atoms with Crippen LogP contribution in [0.15, 0.2) is 0 Å². The standard InChI is InChI=1S/C12H22N2O2/c15-12(16)10-11-4-8-14(9-5-11)13-6-2-1-3-7-13/h11H,1-10H2,(H,15,16). The molecule has 0 unspecified atom stereocenters. The maximum Gasteiger partial charge on any atom is 0.303 e. The summed E-state index contributed by atoms with van der Waals surface area (Å²) in [5, 5.41) is 13.7. The Hall–Kier alpha value is -0.610. The van der Waals surface area contributed by atoms with Crippen molar-refractivity contribution in [3.05, 3.63) is 0 Å². The van der Waals surface area contributed by atoms with Gasteiger partial charge in [0.05, 0.1) is 0 Å². The number of carboxylic acids is 1. The summed E-state index contributed by atoms with van der Waals surface area (Å²) < 4.78 is 0. The van der Waals surface area contributed by atoms with Crippen molar-refractivity contribution in [1.29, 1.82) is 0 Å². The maximum absolute atomic E-state index is 10.6. The van der Waals surface area contributed by atoms with Crippen molar-refractivity contribution in [3.63, 3.8) is 0 Å². The number of hydrazine groups is 1. The van der Waals surface area contributed by atoms with Crippen LogP contribution in [-0.2, 0) is 4.79 Å². The Labute approximate surface area is 97.2 Å². The van der Waals surface area contributed by atoms with Gasteiger partial charge in [-0.05, 0) is 31.6 Å². The Balaban J connectivity index is 1.73. The molecule has 0 amide bonds. The van der Waals surface area contributed by atoms with Crippen LogP contribution in [0.2, 0.25) is 0 Å². The molecule has 0 aromatic rings. The highest BCUT2D eigenvalue weighted by molar-refractivity contribution is 5.67. The van der Waals surface area contributed by atoms with E-state index in [9.17, 15) is 4.79 Å². The van der Waals surface area contributed by atoms with E-state index in [0.717, 1.165) is 25.9 Å². The minimum atomic E-state index is -0.642. The van der Waals surface area contributed by atoms with Crippen LogP contribution >= 0.6 is 0 Å². The van der Waals surface area contributed by atoms with E-state index < -0.39 is 5.97 Å². The minimum absolute atomic E-state index is 0.355. The molecule has 0 radical (unpaired) electrons. The normalized spacial score (nSPS) is 25.8. The first-order valence-electron chi connectivity index (χ1n) is 6.47. The number of nitrogens with zero attached hydrogens (tertiary/aromatic N) is 2. The highest BCUT2D eigenvalue weighted by atomic mass is 16.4. The molecule has 2 fully saturated rings. The smallest absolute Gasteiger partial charge is 0.303 e. The van der Waals surface area contributed by atoms with Gasteiger partial charge in [-0.3, -0.25) is 4.79 Å². The molecule has 4 heteroatoms. The molecular weight excluding hydrogens is 204 g/mol. The van der Waals surface area contributed by atoms with Crippen molar-refractivity contribution in [2.24, 2.45) is 5.92 Å². The Morgan fingerprint density at radius 3 is 2.12 bits per heavy atom. The third kappa shape index (κ3) is 3.19. The molecule has 4 nitrogen and oxygen atoms in total. The fraction of sp³-hybridized carbons (Fsp3) is 0.917. The van der Waals surface area contributed by atoms with Gasteiger partial charge in [0.1, 0.15) is 0 Å². The number of aliphatic carboxylic acids is 1. The average molecular weight is 226 g/mol. The summed E-state index contributed by atoms with van der Waals surface area (Å²) in [6, 6.07) is 0. The number of piperidine rings is 2. The summed E-state index contributed by atoms with van der Waals surface area (Å²) in [6.07, 6.45) is 6.44. The SMILES string of the molecule is O=C(O)CC1CCN(N2CCCCC2)CC1. The van der Waals surface area contributed by atoms with E-state index in [1.165, 1.54) is 32.4 Å². The fourth-order valence-corrected chi connectivity index (χ4v) is 2.81. The Kier molecular flexibility index (Phi) is 4.18. The molecule has 0 aromatic carbocycles. The van der Waals surface area contributed by atoms with Gasteiger partial charge in [-0.15, -0.1) is 0 Å². The number of rotatable bonds is 3. The van der Waals surface area contributed by atoms with E-state index in [1.54, 1.807) is 0 Å². The molecule has 16 heavy (non-hydrogen) atoms. The van der Waals surface area contributed by atoms with Crippen molar-refractivity contribution >= 4 is 5.97 Å². The topological polar surface area (TPSA) is 43.8 Å². The monoisotopic (exact) mass is 226 g/mol. The molecule has 2 aliphatic heterocycles. The zero-order valence-corrected chi connectivity index (χ0v) is 9.90. The molecular formula is C12H22N2O2. The lowest BCUT2D eigenvalue weighted by atomic mass is 9.94. The van der Waals surface area contributed by atoms with Crippen molar-refractivity contribution in [1.82, 2.24) is 10.0 Å². The van der Waals surface area contributed by atoms with Gasteiger partial charge in [-0.25, -0.2) is 10.0 Å². The molecule has 2 aliphatic rings. The lowest BCUT2D eigenvalue weighted by Crippen LogP contribution is -2.49. The Bertz CT molecular complexity index is 231. The van der Waals surface area contributed by atoms with Crippen LogP contribution in [0.4, 0.5) is 0 Å². The molecule has 0 aromatic heterocycles. The quantitative estimate of drug-likeness (QED) is 0.793. The number of carbonyl (C=O) groups is 1. The van der Waals surface area contributed by atoms with Crippen LogP contribution in [0.3, 0.4) is 0 Å². The molecule has 2 saturated heterocycles. The Morgan fingerprint density at radius 1 is 1.00 bits per heavy atom. The van der Waals surface area contributed by atoms with E-state index in [1.807, 2.05) is 0 Å². The molecule has 2 rings (SSSR count). The third-order valence-electron chi connectivity index (χ3n) is 3.79. The summed E-state index contributed by atoms with van der Waals surface area (Å²) in [5.41, 5.74) is 0. The first-order chi connectivity index (χ1) is 7.75. The molecule has 1 N–H and O–H groups in total. The van der Waals surface area contributed by atoms with Gasteiger partial charge in [0, 0.05) is 32.6 Å². The van der Waals surface area contributed by atoms with Gasteiger partial charge in [-0.1, -0.05) is 6.42 Å². The van der Waals surface area contributed by atoms with Gasteiger partial charge in [0.25, 0.3) is 0 Å². The van der Waals surface area contributed by atoms with Crippen molar-refractivity contribution < 1.29 is 9.90 Å². The summed E-state index contributed by atoms with van der Waals surface area (Å²) in [5.74, 6) is -0.241. The fourth-order valence-electron chi connectivity index (χ4n) is 2.81. The van der Waals surface area contributed by atoms with Crippen LogP contribution in [0, 0.1) is 5.92 Å². The second-order valence-electron chi connectivity index (χ2n) is 5.01. The van der Waals surface area contributed by atoms with Crippen molar-refractivity contribution in [2.75, 3.05) is 26.2 Å². The van der Waals surface area contributed by atoms with Crippen molar-refractivity contribution in [2.45, 2.75) is 38.5 Å². The zero-order valence-electron chi connectivity index (χ0n) is 9.90. The predicted molar refractivity (Wildman–Crippen MR) is 62.0 cm³/mol.